The molecular weight excluding hydrogens is 244 g/mol. The van der Waals surface area contributed by atoms with Crippen LogP contribution in [0.5, 0.6) is 0 Å². The minimum absolute atomic E-state index is 0.0935. The van der Waals surface area contributed by atoms with E-state index in [1.165, 1.54) is 6.07 Å². The number of nitrogens with zero attached hydrogens (tertiary/aromatic N) is 2. The quantitative estimate of drug-likeness (QED) is 0.797. The maximum atomic E-state index is 11.5. The maximum absolute atomic E-state index is 11.5. The summed E-state index contributed by atoms with van der Waals surface area (Å²) in [6.07, 6.45) is 0. The molecule has 0 bridgehead atoms. The Balaban J connectivity index is 2.28. The molecule has 1 saturated heterocycles. The van der Waals surface area contributed by atoms with Crippen molar-refractivity contribution >= 4 is 15.7 Å². The maximum Gasteiger partial charge on any atom is 0.219 e. The molecule has 6 nitrogen and oxygen atoms in total. The predicted molar refractivity (Wildman–Crippen MR) is 61.5 cm³/mol. The summed E-state index contributed by atoms with van der Waals surface area (Å²) in [6.45, 7) is 2.60. The number of aliphatic hydroxyl groups is 1. The number of aromatic nitrogens is 1. The van der Waals surface area contributed by atoms with Gasteiger partial charge >= 0.3 is 0 Å². The number of morpholine rings is 1. The standard InChI is InChI=1S/C10H14N2O4S/c13-8-17(14,15)10-3-1-2-9(11-10)12-4-6-16-7-5-12/h1-3,13H,4-8H2. The van der Waals surface area contributed by atoms with E-state index in [1.54, 1.807) is 12.1 Å². The Bertz CT molecular complexity index is 483. The van der Waals surface area contributed by atoms with Crippen LogP contribution in [0.15, 0.2) is 23.2 Å². The number of rotatable bonds is 3. The molecule has 2 rings (SSSR count). The molecule has 1 aliphatic heterocycles. The summed E-state index contributed by atoms with van der Waals surface area (Å²) in [5.74, 6) is -0.324. The smallest absolute Gasteiger partial charge is 0.219 e. The minimum atomic E-state index is -3.67. The molecule has 0 spiro atoms. The first-order valence-electron chi connectivity index (χ1n) is 5.27. The lowest BCUT2D eigenvalue weighted by atomic mass is 10.4. The van der Waals surface area contributed by atoms with Crippen LogP contribution in [0.2, 0.25) is 0 Å². The van der Waals surface area contributed by atoms with Crippen molar-refractivity contribution in [1.29, 1.82) is 0 Å². The molecule has 0 unspecified atom stereocenters. The topological polar surface area (TPSA) is 79.7 Å². The summed E-state index contributed by atoms with van der Waals surface area (Å²) in [5, 5.41) is 8.69. The molecule has 2 heterocycles. The summed E-state index contributed by atoms with van der Waals surface area (Å²) in [4.78, 5) is 6.02. The highest BCUT2D eigenvalue weighted by Gasteiger charge is 2.18. The molecule has 1 aromatic heterocycles. The molecule has 1 aromatic rings. The van der Waals surface area contributed by atoms with Gasteiger partial charge in [-0.25, -0.2) is 13.4 Å². The second-order valence-electron chi connectivity index (χ2n) is 3.68. The minimum Gasteiger partial charge on any atom is -0.380 e. The molecule has 0 aromatic carbocycles. The van der Waals surface area contributed by atoms with Crippen LogP contribution in [0.25, 0.3) is 0 Å². The van der Waals surface area contributed by atoms with Crippen molar-refractivity contribution in [2.45, 2.75) is 5.03 Å². The van der Waals surface area contributed by atoms with Crippen LogP contribution >= 0.6 is 0 Å². The fourth-order valence-corrected chi connectivity index (χ4v) is 2.26. The molecule has 0 radical (unpaired) electrons. The Morgan fingerprint density at radius 3 is 2.71 bits per heavy atom. The average Bonchev–Trinajstić information content (AvgIpc) is 2.40. The number of sulfone groups is 1. The highest BCUT2D eigenvalue weighted by molar-refractivity contribution is 7.91. The second-order valence-corrected chi connectivity index (χ2v) is 5.58. The normalized spacial score (nSPS) is 17.1. The molecule has 94 valence electrons. The SMILES string of the molecule is O=S(=O)(CO)c1cccc(N2CCOCC2)n1. The molecule has 0 amide bonds. The van der Waals surface area contributed by atoms with Crippen molar-refractivity contribution in [3.63, 3.8) is 0 Å². The van der Waals surface area contributed by atoms with Crippen molar-refractivity contribution in [2.24, 2.45) is 0 Å². The van der Waals surface area contributed by atoms with Crippen LogP contribution in [0.3, 0.4) is 0 Å². The summed E-state index contributed by atoms with van der Waals surface area (Å²) in [6, 6.07) is 4.76. The first-order chi connectivity index (χ1) is 8.13. The van der Waals surface area contributed by atoms with Gasteiger partial charge in [0.1, 0.15) is 5.82 Å². The van der Waals surface area contributed by atoms with Crippen molar-refractivity contribution in [2.75, 3.05) is 37.1 Å². The number of anilines is 1. The molecular formula is C10H14N2O4S. The molecule has 7 heteroatoms. The van der Waals surface area contributed by atoms with Crippen LogP contribution in [-0.4, -0.2) is 50.8 Å². The monoisotopic (exact) mass is 258 g/mol. The van der Waals surface area contributed by atoms with E-state index in [9.17, 15) is 8.42 Å². The summed E-state index contributed by atoms with van der Waals surface area (Å²) in [5.41, 5.74) is 0. The fraction of sp³-hybridized carbons (Fsp3) is 0.500. The molecule has 1 aliphatic rings. The van der Waals surface area contributed by atoms with E-state index < -0.39 is 15.8 Å². The fourth-order valence-electron chi connectivity index (χ4n) is 1.61. The van der Waals surface area contributed by atoms with Gasteiger partial charge in [-0.05, 0) is 12.1 Å². The third-order valence-electron chi connectivity index (χ3n) is 2.53. The Labute approximate surface area is 99.8 Å². The van der Waals surface area contributed by atoms with Crippen molar-refractivity contribution in [3.05, 3.63) is 18.2 Å². The van der Waals surface area contributed by atoms with E-state index in [1.807, 2.05) is 4.90 Å². The Morgan fingerprint density at radius 2 is 2.06 bits per heavy atom. The largest absolute Gasteiger partial charge is 0.380 e. The van der Waals surface area contributed by atoms with Crippen LogP contribution in [0.4, 0.5) is 5.82 Å². The molecule has 1 N–H and O–H groups in total. The number of aliphatic hydroxyl groups excluding tert-OH is 1. The number of ether oxygens (including phenoxy) is 1. The van der Waals surface area contributed by atoms with Gasteiger partial charge in [0.15, 0.2) is 11.0 Å². The molecule has 0 saturated carbocycles. The highest BCUT2D eigenvalue weighted by Crippen LogP contribution is 2.16. The molecule has 17 heavy (non-hydrogen) atoms. The summed E-state index contributed by atoms with van der Waals surface area (Å²) in [7, 11) is -3.67. The van der Waals surface area contributed by atoms with Gasteiger partial charge in [-0.3, -0.25) is 0 Å². The first kappa shape index (κ1) is 12.3. The second kappa shape index (κ2) is 4.99. The van der Waals surface area contributed by atoms with Crippen LogP contribution in [0.1, 0.15) is 0 Å². The van der Waals surface area contributed by atoms with Gasteiger partial charge in [0.05, 0.1) is 13.2 Å². The van der Waals surface area contributed by atoms with Gasteiger partial charge in [-0.1, -0.05) is 6.07 Å². The zero-order valence-corrected chi connectivity index (χ0v) is 10.1. The summed E-state index contributed by atoms with van der Waals surface area (Å²) < 4.78 is 28.2. The Hall–Kier alpha value is -1.18. The number of pyridine rings is 1. The highest BCUT2D eigenvalue weighted by atomic mass is 32.2. The van der Waals surface area contributed by atoms with Gasteiger partial charge < -0.3 is 14.7 Å². The van der Waals surface area contributed by atoms with Gasteiger partial charge in [0.2, 0.25) is 9.84 Å². The lowest BCUT2D eigenvalue weighted by Gasteiger charge is -2.27. The van der Waals surface area contributed by atoms with Crippen molar-refractivity contribution in [1.82, 2.24) is 4.98 Å². The van der Waals surface area contributed by atoms with Crippen molar-refractivity contribution in [3.8, 4) is 0 Å². The van der Waals surface area contributed by atoms with Gasteiger partial charge in [-0.2, -0.15) is 0 Å². The van der Waals surface area contributed by atoms with Crippen LogP contribution in [0, 0.1) is 0 Å². The van der Waals surface area contributed by atoms with E-state index in [2.05, 4.69) is 4.98 Å². The molecule has 0 aliphatic carbocycles. The Morgan fingerprint density at radius 1 is 1.35 bits per heavy atom. The van der Waals surface area contributed by atoms with E-state index >= 15 is 0 Å². The molecule has 0 atom stereocenters. The number of hydrogen-bond acceptors (Lipinski definition) is 6. The lowest BCUT2D eigenvalue weighted by molar-refractivity contribution is 0.122. The van der Waals surface area contributed by atoms with Crippen LogP contribution < -0.4 is 4.90 Å². The third kappa shape index (κ3) is 2.74. The zero-order valence-electron chi connectivity index (χ0n) is 9.24. The average molecular weight is 258 g/mol. The van der Waals surface area contributed by atoms with E-state index in [0.29, 0.717) is 32.1 Å². The number of hydrogen-bond donors (Lipinski definition) is 1. The van der Waals surface area contributed by atoms with Crippen molar-refractivity contribution < 1.29 is 18.3 Å². The predicted octanol–water partition coefficient (Wildman–Crippen LogP) is -0.358. The van der Waals surface area contributed by atoms with E-state index in [4.69, 9.17) is 9.84 Å². The van der Waals surface area contributed by atoms with Gasteiger partial charge in [-0.15, -0.1) is 0 Å². The third-order valence-corrected chi connectivity index (χ3v) is 3.74. The summed E-state index contributed by atoms with van der Waals surface area (Å²) >= 11 is 0. The molecule has 1 fully saturated rings. The van der Waals surface area contributed by atoms with E-state index in [0.717, 1.165) is 0 Å². The zero-order chi connectivity index (χ0) is 12.3. The Kier molecular flexibility index (Phi) is 3.60. The van der Waals surface area contributed by atoms with Gasteiger partial charge in [0, 0.05) is 13.1 Å². The van der Waals surface area contributed by atoms with E-state index in [-0.39, 0.29) is 5.03 Å². The van der Waals surface area contributed by atoms with Gasteiger partial charge in [0.25, 0.3) is 0 Å². The van der Waals surface area contributed by atoms with Crippen LogP contribution in [-0.2, 0) is 14.6 Å². The lowest BCUT2D eigenvalue weighted by Crippen LogP contribution is -2.36. The first-order valence-corrected chi connectivity index (χ1v) is 6.92.